The Morgan fingerprint density at radius 1 is 1.41 bits per heavy atom. The van der Waals surface area contributed by atoms with E-state index in [0.29, 0.717) is 6.04 Å². The standard InChI is InChI=1S/C12H19ClN2S2/c13-12-2-1-11(17-12)8-10(15-14)7-9-3-5-16-6-4-9/h1-2,9-10,15H,3-8,14H2. The minimum absolute atomic E-state index is 0.387. The minimum Gasteiger partial charge on any atom is -0.271 e. The van der Waals surface area contributed by atoms with Gasteiger partial charge in [-0.1, -0.05) is 11.6 Å². The lowest BCUT2D eigenvalue weighted by molar-refractivity contribution is 0.367. The van der Waals surface area contributed by atoms with Crippen LogP contribution in [0.5, 0.6) is 0 Å². The van der Waals surface area contributed by atoms with Crippen LogP contribution in [0, 0.1) is 5.92 Å². The average Bonchev–Trinajstić information content (AvgIpc) is 2.75. The van der Waals surface area contributed by atoms with Crippen LogP contribution in [0.2, 0.25) is 4.34 Å². The zero-order chi connectivity index (χ0) is 12.1. The van der Waals surface area contributed by atoms with Crippen LogP contribution in [0.25, 0.3) is 0 Å². The molecule has 1 unspecified atom stereocenters. The van der Waals surface area contributed by atoms with E-state index in [0.717, 1.165) is 16.7 Å². The van der Waals surface area contributed by atoms with E-state index in [2.05, 4.69) is 23.3 Å². The van der Waals surface area contributed by atoms with Crippen LogP contribution in [-0.4, -0.2) is 17.5 Å². The smallest absolute Gasteiger partial charge is 0.0931 e. The quantitative estimate of drug-likeness (QED) is 0.645. The summed E-state index contributed by atoms with van der Waals surface area (Å²) >= 11 is 9.68. The largest absolute Gasteiger partial charge is 0.271 e. The van der Waals surface area contributed by atoms with Gasteiger partial charge >= 0.3 is 0 Å². The van der Waals surface area contributed by atoms with Crippen molar-refractivity contribution in [2.24, 2.45) is 11.8 Å². The predicted molar refractivity (Wildman–Crippen MR) is 78.8 cm³/mol. The van der Waals surface area contributed by atoms with Gasteiger partial charge < -0.3 is 0 Å². The van der Waals surface area contributed by atoms with Gasteiger partial charge in [-0.3, -0.25) is 11.3 Å². The summed E-state index contributed by atoms with van der Waals surface area (Å²) in [6, 6.07) is 4.46. The number of thiophene rings is 1. The highest BCUT2D eigenvalue weighted by Gasteiger charge is 2.19. The zero-order valence-corrected chi connectivity index (χ0v) is 12.2. The third-order valence-corrected chi connectivity index (χ3v) is 5.57. The normalized spacial score (nSPS) is 19.4. The summed E-state index contributed by atoms with van der Waals surface area (Å²) in [4.78, 5) is 1.32. The summed E-state index contributed by atoms with van der Waals surface area (Å²) in [5.41, 5.74) is 2.96. The van der Waals surface area contributed by atoms with Crippen molar-refractivity contribution < 1.29 is 0 Å². The van der Waals surface area contributed by atoms with E-state index in [-0.39, 0.29) is 0 Å². The first-order valence-corrected chi connectivity index (χ1v) is 8.41. The molecule has 0 amide bonds. The van der Waals surface area contributed by atoms with Crippen molar-refractivity contribution in [3.8, 4) is 0 Å². The first-order chi connectivity index (χ1) is 8.28. The Kier molecular flexibility index (Phi) is 5.63. The molecule has 0 aliphatic carbocycles. The highest BCUT2D eigenvalue weighted by Crippen LogP contribution is 2.28. The lowest BCUT2D eigenvalue weighted by atomic mass is 9.93. The van der Waals surface area contributed by atoms with Gasteiger partial charge in [0.25, 0.3) is 0 Å². The Morgan fingerprint density at radius 2 is 2.18 bits per heavy atom. The van der Waals surface area contributed by atoms with Crippen molar-refractivity contribution >= 4 is 34.7 Å². The maximum Gasteiger partial charge on any atom is 0.0931 e. The molecule has 0 radical (unpaired) electrons. The molecular weight excluding hydrogens is 272 g/mol. The summed E-state index contributed by atoms with van der Waals surface area (Å²) < 4.78 is 0.866. The summed E-state index contributed by atoms with van der Waals surface area (Å²) in [6.45, 7) is 0. The van der Waals surface area contributed by atoms with Gasteiger partial charge in [-0.15, -0.1) is 11.3 Å². The van der Waals surface area contributed by atoms with Crippen molar-refractivity contribution in [1.82, 2.24) is 5.43 Å². The topological polar surface area (TPSA) is 38.0 Å². The van der Waals surface area contributed by atoms with E-state index < -0.39 is 0 Å². The van der Waals surface area contributed by atoms with Crippen molar-refractivity contribution in [2.75, 3.05) is 11.5 Å². The molecule has 0 spiro atoms. The maximum atomic E-state index is 5.94. The molecule has 0 aromatic carbocycles. The van der Waals surface area contributed by atoms with Gasteiger partial charge in [0, 0.05) is 10.9 Å². The molecule has 2 nitrogen and oxygen atoms in total. The fourth-order valence-corrected chi connectivity index (χ4v) is 4.67. The number of nitrogens with two attached hydrogens (primary N) is 1. The highest BCUT2D eigenvalue weighted by atomic mass is 35.5. The molecule has 1 saturated heterocycles. The van der Waals surface area contributed by atoms with Crippen LogP contribution < -0.4 is 11.3 Å². The first kappa shape index (κ1) is 13.7. The van der Waals surface area contributed by atoms with E-state index in [4.69, 9.17) is 17.4 Å². The van der Waals surface area contributed by atoms with Gasteiger partial charge in [0.1, 0.15) is 0 Å². The molecule has 0 saturated carbocycles. The Bertz CT molecular complexity index is 337. The summed E-state index contributed by atoms with van der Waals surface area (Å²) in [7, 11) is 0. The van der Waals surface area contributed by atoms with Gasteiger partial charge in [-0.05, 0) is 55.2 Å². The van der Waals surface area contributed by atoms with Gasteiger partial charge in [-0.25, -0.2) is 0 Å². The zero-order valence-electron chi connectivity index (χ0n) is 9.82. The number of halogens is 1. The Hall–Kier alpha value is 0.260. The monoisotopic (exact) mass is 290 g/mol. The Morgan fingerprint density at radius 3 is 2.76 bits per heavy atom. The molecule has 1 atom stereocenters. The van der Waals surface area contributed by atoms with Gasteiger partial charge in [0.2, 0.25) is 0 Å². The van der Waals surface area contributed by atoms with E-state index >= 15 is 0 Å². The molecule has 1 aromatic rings. The van der Waals surface area contributed by atoms with Crippen molar-refractivity contribution in [3.63, 3.8) is 0 Å². The van der Waals surface area contributed by atoms with Crippen LogP contribution in [0.4, 0.5) is 0 Å². The van der Waals surface area contributed by atoms with Crippen LogP contribution in [0.15, 0.2) is 12.1 Å². The van der Waals surface area contributed by atoms with E-state index in [1.165, 1.54) is 35.6 Å². The van der Waals surface area contributed by atoms with Crippen LogP contribution in [0.1, 0.15) is 24.1 Å². The molecular formula is C12H19ClN2S2. The number of hydrogen-bond donors (Lipinski definition) is 2. The molecule has 1 aliphatic rings. The summed E-state index contributed by atoms with van der Waals surface area (Å²) in [5, 5.41) is 0. The van der Waals surface area contributed by atoms with Crippen LogP contribution in [-0.2, 0) is 6.42 Å². The molecule has 1 aliphatic heterocycles. The van der Waals surface area contributed by atoms with E-state index in [1.807, 2.05) is 6.07 Å². The fraction of sp³-hybridized carbons (Fsp3) is 0.667. The van der Waals surface area contributed by atoms with Crippen molar-refractivity contribution in [2.45, 2.75) is 31.7 Å². The van der Waals surface area contributed by atoms with Crippen LogP contribution >= 0.6 is 34.7 Å². The van der Waals surface area contributed by atoms with Crippen molar-refractivity contribution in [3.05, 3.63) is 21.3 Å². The third-order valence-electron chi connectivity index (χ3n) is 3.27. The molecule has 1 aromatic heterocycles. The van der Waals surface area contributed by atoms with E-state index in [1.54, 1.807) is 11.3 Å². The second-order valence-electron chi connectivity index (χ2n) is 4.56. The fourth-order valence-electron chi connectivity index (χ4n) is 2.30. The van der Waals surface area contributed by atoms with E-state index in [9.17, 15) is 0 Å². The first-order valence-electron chi connectivity index (χ1n) is 6.06. The molecule has 96 valence electrons. The number of rotatable bonds is 5. The SMILES string of the molecule is NNC(Cc1ccc(Cl)s1)CC1CCSCC1. The maximum absolute atomic E-state index is 5.94. The molecule has 1 fully saturated rings. The minimum atomic E-state index is 0.387. The Balaban J connectivity index is 1.83. The highest BCUT2D eigenvalue weighted by molar-refractivity contribution is 7.99. The summed E-state index contributed by atoms with van der Waals surface area (Å²) in [5.74, 6) is 9.13. The number of thioether (sulfide) groups is 1. The number of hydrogen-bond acceptors (Lipinski definition) is 4. The van der Waals surface area contributed by atoms with Gasteiger partial charge in [0.15, 0.2) is 0 Å². The van der Waals surface area contributed by atoms with Crippen molar-refractivity contribution in [1.29, 1.82) is 0 Å². The van der Waals surface area contributed by atoms with Gasteiger partial charge in [0.05, 0.1) is 4.34 Å². The molecule has 2 heterocycles. The lowest BCUT2D eigenvalue weighted by Crippen LogP contribution is -2.38. The summed E-state index contributed by atoms with van der Waals surface area (Å²) in [6.07, 6.45) is 4.87. The number of hydrazine groups is 1. The second kappa shape index (κ2) is 7.00. The molecule has 0 bridgehead atoms. The number of nitrogens with one attached hydrogen (secondary N) is 1. The third kappa shape index (κ3) is 4.45. The predicted octanol–water partition coefficient (Wildman–Crippen LogP) is 3.31. The van der Waals surface area contributed by atoms with Gasteiger partial charge in [-0.2, -0.15) is 11.8 Å². The average molecular weight is 291 g/mol. The lowest BCUT2D eigenvalue weighted by Gasteiger charge is -2.25. The molecule has 3 N–H and O–H groups in total. The second-order valence-corrected chi connectivity index (χ2v) is 7.59. The molecule has 5 heteroatoms. The van der Waals surface area contributed by atoms with Crippen LogP contribution in [0.3, 0.4) is 0 Å². The molecule has 17 heavy (non-hydrogen) atoms. The Labute approximate surface area is 116 Å². The molecule has 2 rings (SSSR count).